The highest BCUT2D eigenvalue weighted by molar-refractivity contribution is 5.08. The highest BCUT2D eigenvalue weighted by Gasteiger charge is 2.59. The fourth-order valence-corrected chi connectivity index (χ4v) is 4.54. The van der Waals surface area contributed by atoms with Gasteiger partial charge in [0.1, 0.15) is 0 Å². The van der Waals surface area contributed by atoms with Gasteiger partial charge in [0, 0.05) is 11.3 Å². The minimum atomic E-state index is -0.860. The van der Waals surface area contributed by atoms with Crippen LogP contribution in [-0.2, 0) is 0 Å². The highest BCUT2D eigenvalue weighted by atomic mass is 16.3. The number of aliphatic hydroxyl groups excluding tert-OH is 2. The van der Waals surface area contributed by atoms with Crippen LogP contribution >= 0.6 is 0 Å². The maximum atomic E-state index is 10.7. The van der Waals surface area contributed by atoms with Crippen LogP contribution in [0.2, 0.25) is 0 Å². The van der Waals surface area contributed by atoms with E-state index in [9.17, 15) is 15.3 Å². The molecule has 3 nitrogen and oxygen atoms in total. The van der Waals surface area contributed by atoms with E-state index in [1.807, 2.05) is 13.8 Å². The van der Waals surface area contributed by atoms with Crippen molar-refractivity contribution in [1.29, 1.82) is 0 Å². The Labute approximate surface area is 110 Å². The van der Waals surface area contributed by atoms with E-state index in [-0.39, 0.29) is 17.3 Å². The summed E-state index contributed by atoms with van der Waals surface area (Å²) in [5.74, 6) is 0.439. The molecule has 106 valence electrons. The quantitative estimate of drug-likeness (QED) is 0.672. The third kappa shape index (κ3) is 2.00. The lowest BCUT2D eigenvalue weighted by atomic mass is 9.50. The van der Waals surface area contributed by atoms with Crippen molar-refractivity contribution in [3.8, 4) is 0 Å². The first-order valence-corrected chi connectivity index (χ1v) is 7.28. The lowest BCUT2D eigenvalue weighted by molar-refractivity contribution is -0.219. The van der Waals surface area contributed by atoms with E-state index in [1.54, 1.807) is 0 Å². The van der Waals surface area contributed by atoms with Crippen molar-refractivity contribution in [2.75, 3.05) is 0 Å². The van der Waals surface area contributed by atoms with E-state index < -0.39 is 17.8 Å². The van der Waals surface area contributed by atoms with Gasteiger partial charge in [-0.2, -0.15) is 0 Å². The first kappa shape index (κ1) is 14.3. The molecule has 0 spiro atoms. The molecule has 3 N–H and O–H groups in total. The molecule has 0 aromatic heterocycles. The molecule has 0 aromatic carbocycles. The maximum Gasteiger partial charge on any atom is 0.0679 e. The zero-order valence-corrected chi connectivity index (χ0v) is 12.1. The summed E-state index contributed by atoms with van der Waals surface area (Å²) in [5.41, 5.74) is -1.20. The number of hydrogen-bond acceptors (Lipinski definition) is 3. The van der Waals surface area contributed by atoms with Gasteiger partial charge < -0.3 is 15.3 Å². The Bertz CT molecular complexity index is 313. The molecular formula is C15H28O3. The molecule has 0 heterocycles. The van der Waals surface area contributed by atoms with Crippen molar-refractivity contribution in [1.82, 2.24) is 0 Å². The molecule has 2 fully saturated rings. The van der Waals surface area contributed by atoms with E-state index in [1.165, 1.54) is 0 Å². The number of aliphatic hydroxyl groups is 3. The van der Waals surface area contributed by atoms with Crippen molar-refractivity contribution in [3.05, 3.63) is 0 Å². The predicted molar refractivity (Wildman–Crippen MR) is 71.0 cm³/mol. The molecule has 2 aliphatic rings. The molecule has 0 radical (unpaired) electrons. The van der Waals surface area contributed by atoms with E-state index in [2.05, 4.69) is 13.8 Å². The Morgan fingerprint density at radius 3 is 2.22 bits per heavy atom. The largest absolute Gasteiger partial charge is 0.393 e. The molecule has 0 aliphatic heterocycles. The first-order valence-electron chi connectivity index (χ1n) is 7.28. The number of hydrogen-bond donors (Lipinski definition) is 3. The van der Waals surface area contributed by atoms with Gasteiger partial charge in [0.15, 0.2) is 0 Å². The van der Waals surface area contributed by atoms with E-state index >= 15 is 0 Å². The Morgan fingerprint density at radius 1 is 1.06 bits per heavy atom. The van der Waals surface area contributed by atoms with Gasteiger partial charge in [-0.25, -0.2) is 0 Å². The van der Waals surface area contributed by atoms with Crippen LogP contribution in [0.5, 0.6) is 0 Å². The topological polar surface area (TPSA) is 60.7 Å². The summed E-state index contributed by atoms with van der Waals surface area (Å²) in [6, 6.07) is 0. The van der Waals surface area contributed by atoms with Crippen molar-refractivity contribution in [3.63, 3.8) is 0 Å². The molecule has 2 aliphatic carbocycles. The summed E-state index contributed by atoms with van der Waals surface area (Å²) in [7, 11) is 0. The molecule has 2 rings (SSSR count). The van der Waals surface area contributed by atoms with Crippen LogP contribution in [-0.4, -0.2) is 33.1 Å². The first-order chi connectivity index (χ1) is 8.20. The van der Waals surface area contributed by atoms with Crippen molar-refractivity contribution < 1.29 is 15.3 Å². The summed E-state index contributed by atoms with van der Waals surface area (Å²) in [6.45, 7) is 8.12. The lowest BCUT2D eigenvalue weighted by Crippen LogP contribution is -2.63. The van der Waals surface area contributed by atoms with Crippen LogP contribution < -0.4 is 0 Å². The Balaban J connectivity index is 2.35. The molecule has 0 saturated heterocycles. The van der Waals surface area contributed by atoms with E-state index in [0.717, 1.165) is 12.8 Å². The molecule has 0 aromatic rings. The maximum absolute atomic E-state index is 10.7. The lowest BCUT2D eigenvalue weighted by Gasteiger charge is -2.58. The molecular weight excluding hydrogens is 228 g/mol. The molecule has 0 unspecified atom stereocenters. The van der Waals surface area contributed by atoms with Crippen LogP contribution in [0.3, 0.4) is 0 Å². The average Bonchev–Trinajstić information content (AvgIpc) is 2.23. The molecule has 0 bridgehead atoms. The second-order valence-corrected chi connectivity index (χ2v) is 7.33. The van der Waals surface area contributed by atoms with Crippen LogP contribution in [0.1, 0.15) is 53.4 Å². The second-order valence-electron chi connectivity index (χ2n) is 7.33. The van der Waals surface area contributed by atoms with Crippen LogP contribution in [0.25, 0.3) is 0 Å². The average molecular weight is 256 g/mol. The van der Waals surface area contributed by atoms with Gasteiger partial charge in [-0.1, -0.05) is 20.8 Å². The SMILES string of the molecule is CC(C)[C@@H]1CC[C@@]2(C)[C@H](O)CC[C@@](C)(O)[C@@H]2[C@@H]1O. The standard InChI is InChI=1S/C15H28O3/c1-9(2)10-5-7-14(3)11(16)6-8-15(4,18)13(14)12(10)17/h9-13,16-18H,5-8H2,1-4H3/t10-,11+,12+,13+,14-,15+/m0/s1. The normalized spacial score (nSPS) is 53.3. The van der Waals surface area contributed by atoms with Crippen molar-refractivity contribution in [2.45, 2.75) is 71.2 Å². The zero-order chi connectivity index (χ0) is 13.7. The number of rotatable bonds is 1. The molecule has 0 amide bonds. The van der Waals surface area contributed by atoms with Gasteiger partial charge in [-0.05, 0) is 44.4 Å². The van der Waals surface area contributed by atoms with Crippen LogP contribution in [0.15, 0.2) is 0 Å². The molecule has 2 saturated carbocycles. The summed E-state index contributed by atoms with van der Waals surface area (Å²) in [4.78, 5) is 0. The van der Waals surface area contributed by atoms with Gasteiger partial charge in [0.05, 0.1) is 17.8 Å². The van der Waals surface area contributed by atoms with Crippen LogP contribution in [0, 0.1) is 23.2 Å². The zero-order valence-electron chi connectivity index (χ0n) is 12.1. The summed E-state index contributed by atoms with van der Waals surface area (Å²) in [5, 5.41) is 31.6. The van der Waals surface area contributed by atoms with E-state index in [0.29, 0.717) is 18.8 Å². The third-order valence-corrected chi connectivity index (χ3v) is 5.72. The molecule has 6 atom stereocenters. The molecule has 3 heteroatoms. The monoisotopic (exact) mass is 256 g/mol. The highest BCUT2D eigenvalue weighted by Crippen LogP contribution is 2.56. The van der Waals surface area contributed by atoms with Gasteiger partial charge in [0.2, 0.25) is 0 Å². The second kappa shape index (κ2) is 4.46. The third-order valence-electron chi connectivity index (χ3n) is 5.72. The minimum Gasteiger partial charge on any atom is -0.393 e. The summed E-state index contributed by atoms with van der Waals surface area (Å²) < 4.78 is 0. The minimum absolute atomic E-state index is 0.213. The van der Waals surface area contributed by atoms with Gasteiger partial charge >= 0.3 is 0 Å². The fraction of sp³-hybridized carbons (Fsp3) is 1.00. The Morgan fingerprint density at radius 2 is 1.67 bits per heavy atom. The fourth-order valence-electron chi connectivity index (χ4n) is 4.54. The van der Waals surface area contributed by atoms with Gasteiger partial charge in [-0.3, -0.25) is 0 Å². The van der Waals surface area contributed by atoms with Gasteiger partial charge in [0.25, 0.3) is 0 Å². The Hall–Kier alpha value is -0.120. The van der Waals surface area contributed by atoms with Crippen molar-refractivity contribution in [2.24, 2.45) is 23.2 Å². The molecule has 18 heavy (non-hydrogen) atoms. The van der Waals surface area contributed by atoms with Crippen LogP contribution in [0.4, 0.5) is 0 Å². The number of fused-ring (bicyclic) bond motifs is 1. The Kier molecular flexibility index (Phi) is 3.54. The summed E-state index contributed by atoms with van der Waals surface area (Å²) in [6.07, 6.45) is 2.16. The van der Waals surface area contributed by atoms with Crippen molar-refractivity contribution >= 4 is 0 Å². The predicted octanol–water partition coefficient (Wildman–Crippen LogP) is 1.94. The van der Waals surface area contributed by atoms with E-state index in [4.69, 9.17) is 0 Å². The smallest absolute Gasteiger partial charge is 0.0679 e. The summed E-state index contributed by atoms with van der Waals surface area (Å²) >= 11 is 0. The van der Waals surface area contributed by atoms with Gasteiger partial charge in [-0.15, -0.1) is 0 Å².